The van der Waals surface area contributed by atoms with Gasteiger partial charge in [-0.3, -0.25) is 4.79 Å². The van der Waals surface area contributed by atoms with Crippen LogP contribution in [0.4, 0.5) is 4.79 Å². The lowest BCUT2D eigenvalue weighted by atomic mass is 9.86. The molecule has 3 N–H and O–H groups in total. The smallest absolute Gasteiger partial charge is 0.404 e. The average molecular weight is 415 g/mol. The SMILES string of the molecule is O=C(O)NC[C@@H]1CN(C(=O)[C@H]2CC[C@@H](O)CC2)C[C@@H]1c1ccc(Cl)c(Cl)c1. The van der Waals surface area contributed by atoms with Gasteiger partial charge in [-0.05, 0) is 43.4 Å². The van der Waals surface area contributed by atoms with E-state index in [9.17, 15) is 14.7 Å². The molecule has 2 fully saturated rings. The fourth-order valence-electron chi connectivity index (χ4n) is 4.18. The van der Waals surface area contributed by atoms with Gasteiger partial charge in [0.2, 0.25) is 5.91 Å². The molecule has 2 atom stereocenters. The molecular weight excluding hydrogens is 391 g/mol. The highest BCUT2D eigenvalue weighted by Crippen LogP contribution is 2.37. The van der Waals surface area contributed by atoms with Gasteiger partial charge in [0.15, 0.2) is 0 Å². The van der Waals surface area contributed by atoms with Gasteiger partial charge in [-0.2, -0.15) is 0 Å². The first-order valence-electron chi connectivity index (χ1n) is 9.23. The number of amides is 2. The van der Waals surface area contributed by atoms with Gasteiger partial charge in [-0.25, -0.2) is 4.79 Å². The first-order chi connectivity index (χ1) is 12.8. The number of nitrogens with zero attached hydrogens (tertiary/aromatic N) is 1. The van der Waals surface area contributed by atoms with Crippen molar-refractivity contribution < 1.29 is 19.8 Å². The number of hydrogen-bond acceptors (Lipinski definition) is 3. The minimum atomic E-state index is -1.08. The fraction of sp³-hybridized carbons (Fsp3) is 0.579. The van der Waals surface area contributed by atoms with Crippen LogP contribution in [-0.2, 0) is 4.79 Å². The van der Waals surface area contributed by atoms with Crippen LogP contribution < -0.4 is 5.32 Å². The molecule has 27 heavy (non-hydrogen) atoms. The van der Waals surface area contributed by atoms with E-state index in [1.54, 1.807) is 12.1 Å². The van der Waals surface area contributed by atoms with E-state index in [1.807, 2.05) is 11.0 Å². The highest BCUT2D eigenvalue weighted by Gasteiger charge is 2.39. The van der Waals surface area contributed by atoms with E-state index in [4.69, 9.17) is 28.3 Å². The van der Waals surface area contributed by atoms with Crippen LogP contribution in [0.1, 0.15) is 37.2 Å². The summed E-state index contributed by atoms with van der Waals surface area (Å²) < 4.78 is 0. The number of carboxylic acid groups (broad SMARTS) is 1. The monoisotopic (exact) mass is 414 g/mol. The number of likely N-dealkylation sites (tertiary alicyclic amines) is 1. The van der Waals surface area contributed by atoms with Gasteiger partial charge >= 0.3 is 6.09 Å². The molecule has 8 heteroatoms. The van der Waals surface area contributed by atoms with Crippen molar-refractivity contribution in [1.82, 2.24) is 10.2 Å². The molecule has 1 saturated heterocycles. The van der Waals surface area contributed by atoms with Crippen LogP contribution in [0.3, 0.4) is 0 Å². The zero-order valence-corrected chi connectivity index (χ0v) is 16.4. The summed E-state index contributed by atoms with van der Waals surface area (Å²) in [4.78, 5) is 25.7. The summed E-state index contributed by atoms with van der Waals surface area (Å²) in [5.74, 6) is 0.0000414. The molecule has 0 spiro atoms. The molecule has 0 aromatic heterocycles. The van der Waals surface area contributed by atoms with Crippen LogP contribution in [0, 0.1) is 11.8 Å². The summed E-state index contributed by atoms with van der Waals surface area (Å²) in [6.45, 7) is 1.30. The van der Waals surface area contributed by atoms with Crippen LogP contribution in [0.5, 0.6) is 0 Å². The zero-order chi connectivity index (χ0) is 19.6. The van der Waals surface area contributed by atoms with Crippen LogP contribution in [0.15, 0.2) is 18.2 Å². The van der Waals surface area contributed by atoms with E-state index in [0.717, 1.165) is 5.56 Å². The predicted octanol–water partition coefficient (Wildman–Crippen LogP) is 3.35. The van der Waals surface area contributed by atoms with Crippen molar-refractivity contribution in [2.24, 2.45) is 11.8 Å². The molecule has 1 aromatic rings. The molecule has 1 aromatic carbocycles. The standard InChI is InChI=1S/C19H24Cl2N2O4/c20-16-6-3-12(7-17(16)21)15-10-23(9-13(15)8-22-19(26)27)18(25)11-1-4-14(24)5-2-11/h3,6-7,11,13-15,22,24H,1-2,4-5,8-10H2,(H,26,27)/t11-,13-,14+,15-/m1/s1. The van der Waals surface area contributed by atoms with Crippen molar-refractivity contribution in [1.29, 1.82) is 0 Å². The first-order valence-corrected chi connectivity index (χ1v) is 9.99. The number of nitrogens with one attached hydrogen (secondary N) is 1. The molecule has 2 amide bonds. The summed E-state index contributed by atoms with van der Waals surface area (Å²) in [6.07, 6.45) is 1.34. The summed E-state index contributed by atoms with van der Waals surface area (Å²) >= 11 is 12.2. The van der Waals surface area contributed by atoms with Crippen molar-refractivity contribution in [2.45, 2.75) is 37.7 Å². The van der Waals surface area contributed by atoms with E-state index in [1.165, 1.54) is 0 Å². The summed E-state index contributed by atoms with van der Waals surface area (Å²) in [7, 11) is 0. The number of aliphatic hydroxyl groups is 1. The molecule has 1 heterocycles. The van der Waals surface area contributed by atoms with E-state index < -0.39 is 6.09 Å². The Morgan fingerprint density at radius 1 is 1.11 bits per heavy atom. The lowest BCUT2D eigenvalue weighted by Crippen LogP contribution is -2.37. The van der Waals surface area contributed by atoms with Gasteiger partial charge in [0.1, 0.15) is 0 Å². The largest absolute Gasteiger partial charge is 0.465 e. The number of carbonyl (C=O) groups is 2. The highest BCUT2D eigenvalue weighted by molar-refractivity contribution is 6.42. The maximum Gasteiger partial charge on any atom is 0.404 e. The molecule has 3 rings (SSSR count). The second-order valence-corrected chi connectivity index (χ2v) is 8.29. The number of hydrogen-bond donors (Lipinski definition) is 3. The Labute approximate surface area is 168 Å². The number of aliphatic hydroxyl groups excluding tert-OH is 1. The topological polar surface area (TPSA) is 89.9 Å². The summed E-state index contributed by atoms with van der Waals surface area (Å²) in [5, 5.41) is 22.0. The minimum Gasteiger partial charge on any atom is -0.465 e. The second-order valence-electron chi connectivity index (χ2n) is 7.47. The van der Waals surface area contributed by atoms with E-state index in [2.05, 4.69) is 5.32 Å². The molecule has 1 aliphatic carbocycles. The Bertz CT molecular complexity index is 707. The van der Waals surface area contributed by atoms with Gasteiger partial charge in [-0.1, -0.05) is 29.3 Å². The predicted molar refractivity (Wildman–Crippen MR) is 103 cm³/mol. The van der Waals surface area contributed by atoms with Crippen molar-refractivity contribution >= 4 is 35.2 Å². The Kier molecular flexibility index (Phi) is 6.50. The van der Waals surface area contributed by atoms with Crippen LogP contribution in [-0.4, -0.2) is 52.9 Å². The normalized spacial score (nSPS) is 28.2. The quantitative estimate of drug-likeness (QED) is 0.704. The molecule has 2 aliphatic rings. The van der Waals surface area contributed by atoms with Crippen molar-refractivity contribution in [3.8, 4) is 0 Å². The Balaban J connectivity index is 1.75. The average Bonchev–Trinajstić information content (AvgIpc) is 3.06. The lowest BCUT2D eigenvalue weighted by molar-refractivity contribution is -0.136. The summed E-state index contributed by atoms with van der Waals surface area (Å²) in [6, 6.07) is 5.42. The van der Waals surface area contributed by atoms with Gasteiger partial charge in [0.25, 0.3) is 0 Å². The van der Waals surface area contributed by atoms with E-state index in [-0.39, 0.29) is 36.3 Å². The van der Waals surface area contributed by atoms with Gasteiger partial charge < -0.3 is 20.4 Å². The molecule has 0 bridgehead atoms. The van der Waals surface area contributed by atoms with E-state index >= 15 is 0 Å². The number of halogens is 2. The second kappa shape index (κ2) is 8.67. The van der Waals surface area contributed by atoms with Gasteiger partial charge in [-0.15, -0.1) is 0 Å². The van der Waals surface area contributed by atoms with Crippen molar-refractivity contribution in [2.75, 3.05) is 19.6 Å². The van der Waals surface area contributed by atoms with Crippen molar-refractivity contribution in [3.63, 3.8) is 0 Å². The molecule has 6 nitrogen and oxygen atoms in total. The fourth-order valence-corrected chi connectivity index (χ4v) is 4.48. The first kappa shape index (κ1) is 20.2. The van der Waals surface area contributed by atoms with Crippen LogP contribution in [0.2, 0.25) is 10.0 Å². The van der Waals surface area contributed by atoms with Crippen molar-refractivity contribution in [3.05, 3.63) is 33.8 Å². The molecular formula is C19H24Cl2N2O4. The van der Waals surface area contributed by atoms with Crippen LogP contribution in [0.25, 0.3) is 0 Å². The van der Waals surface area contributed by atoms with Gasteiger partial charge in [0.05, 0.1) is 16.1 Å². The van der Waals surface area contributed by atoms with Crippen LogP contribution >= 0.6 is 23.2 Å². The van der Waals surface area contributed by atoms with E-state index in [0.29, 0.717) is 48.8 Å². The molecule has 0 unspecified atom stereocenters. The third-order valence-electron chi connectivity index (χ3n) is 5.69. The Morgan fingerprint density at radius 2 is 1.81 bits per heavy atom. The molecule has 0 radical (unpaired) electrons. The maximum atomic E-state index is 12.9. The number of carbonyl (C=O) groups excluding carboxylic acids is 1. The molecule has 148 valence electrons. The number of benzene rings is 1. The third-order valence-corrected chi connectivity index (χ3v) is 6.42. The summed E-state index contributed by atoms with van der Waals surface area (Å²) in [5.41, 5.74) is 0.955. The minimum absolute atomic E-state index is 0.00949. The number of rotatable bonds is 4. The Hall–Kier alpha value is -1.50. The third kappa shape index (κ3) is 4.86. The Morgan fingerprint density at radius 3 is 2.44 bits per heavy atom. The maximum absolute atomic E-state index is 12.9. The lowest BCUT2D eigenvalue weighted by Gasteiger charge is -2.28. The zero-order valence-electron chi connectivity index (χ0n) is 14.9. The molecule has 1 aliphatic heterocycles. The van der Waals surface area contributed by atoms with Gasteiger partial charge in [0, 0.05) is 37.4 Å². The molecule has 1 saturated carbocycles. The highest BCUT2D eigenvalue weighted by atomic mass is 35.5.